The van der Waals surface area contributed by atoms with Gasteiger partial charge in [-0.3, -0.25) is 10.3 Å². The molecule has 6 heteroatoms. The molecule has 29 heavy (non-hydrogen) atoms. The van der Waals surface area contributed by atoms with Gasteiger partial charge in [0.2, 0.25) is 5.13 Å². The van der Waals surface area contributed by atoms with Crippen molar-refractivity contribution in [3.8, 4) is 11.3 Å². The van der Waals surface area contributed by atoms with E-state index in [1.54, 1.807) is 18.3 Å². The first-order valence-electron chi connectivity index (χ1n) is 9.98. The SMILES string of the molecule is CC1CCN(Cc2cc(F)ccc2C=NNc2nc(-c3ccccc3)cs2)CC1. The summed E-state index contributed by atoms with van der Waals surface area (Å²) in [5.41, 5.74) is 6.91. The van der Waals surface area contributed by atoms with Crippen LogP contribution in [0.1, 0.15) is 30.9 Å². The number of nitrogens with one attached hydrogen (secondary N) is 1. The van der Waals surface area contributed by atoms with Crippen LogP contribution in [0.4, 0.5) is 9.52 Å². The van der Waals surface area contributed by atoms with E-state index in [1.165, 1.54) is 30.2 Å². The smallest absolute Gasteiger partial charge is 0.203 e. The monoisotopic (exact) mass is 408 g/mol. The summed E-state index contributed by atoms with van der Waals surface area (Å²) in [4.78, 5) is 6.97. The average Bonchev–Trinajstić information content (AvgIpc) is 3.21. The highest BCUT2D eigenvalue weighted by molar-refractivity contribution is 7.14. The fraction of sp³-hybridized carbons (Fsp3) is 0.304. The van der Waals surface area contributed by atoms with Gasteiger partial charge in [0.05, 0.1) is 11.9 Å². The van der Waals surface area contributed by atoms with E-state index >= 15 is 0 Å². The standard InChI is InChI=1S/C23H25FN4S/c1-17-9-11-28(12-10-17)15-20-13-21(24)8-7-19(20)14-25-27-23-26-22(16-29-23)18-5-3-2-4-6-18/h2-8,13-14,16-17H,9-12,15H2,1H3,(H,26,27). The Bertz CT molecular complexity index is 962. The molecule has 0 spiro atoms. The number of anilines is 1. The summed E-state index contributed by atoms with van der Waals surface area (Å²) in [5, 5.41) is 7.08. The lowest BCUT2D eigenvalue weighted by Crippen LogP contribution is -2.32. The predicted molar refractivity (Wildman–Crippen MR) is 119 cm³/mol. The quantitative estimate of drug-likeness (QED) is 0.425. The second-order valence-corrected chi connectivity index (χ2v) is 8.43. The van der Waals surface area contributed by atoms with E-state index < -0.39 is 0 Å². The summed E-state index contributed by atoms with van der Waals surface area (Å²) in [5.74, 6) is 0.575. The molecular formula is C23H25FN4S. The van der Waals surface area contributed by atoms with Gasteiger partial charge in [-0.05, 0) is 55.1 Å². The largest absolute Gasteiger partial charge is 0.299 e. The Kier molecular flexibility index (Phi) is 6.32. The van der Waals surface area contributed by atoms with Crippen molar-refractivity contribution in [1.82, 2.24) is 9.88 Å². The van der Waals surface area contributed by atoms with Crippen molar-refractivity contribution in [2.24, 2.45) is 11.0 Å². The third-order valence-electron chi connectivity index (χ3n) is 5.31. The Morgan fingerprint density at radius 3 is 2.79 bits per heavy atom. The second kappa shape index (κ2) is 9.29. The summed E-state index contributed by atoms with van der Waals surface area (Å²) < 4.78 is 13.8. The van der Waals surface area contributed by atoms with E-state index in [4.69, 9.17) is 0 Å². The Morgan fingerprint density at radius 2 is 2.00 bits per heavy atom. The number of halogens is 1. The lowest BCUT2D eigenvalue weighted by atomic mass is 9.98. The van der Waals surface area contributed by atoms with E-state index in [1.807, 2.05) is 35.7 Å². The van der Waals surface area contributed by atoms with Crippen LogP contribution in [0, 0.1) is 11.7 Å². The van der Waals surface area contributed by atoms with E-state index in [-0.39, 0.29) is 5.82 Å². The number of benzene rings is 2. The van der Waals surface area contributed by atoms with Crippen LogP contribution < -0.4 is 5.43 Å². The summed E-state index contributed by atoms with van der Waals surface area (Å²) in [6.07, 6.45) is 4.16. The van der Waals surface area contributed by atoms with Crippen molar-refractivity contribution in [1.29, 1.82) is 0 Å². The van der Waals surface area contributed by atoms with Crippen LogP contribution in [0.5, 0.6) is 0 Å². The molecule has 1 fully saturated rings. The topological polar surface area (TPSA) is 40.5 Å². The molecule has 2 heterocycles. The van der Waals surface area contributed by atoms with Crippen molar-refractivity contribution in [2.45, 2.75) is 26.3 Å². The maximum absolute atomic E-state index is 13.8. The molecule has 1 aliphatic heterocycles. The molecule has 0 bridgehead atoms. The number of hydrogen-bond donors (Lipinski definition) is 1. The minimum Gasteiger partial charge on any atom is -0.299 e. The molecule has 2 aromatic carbocycles. The molecule has 1 N–H and O–H groups in total. The molecule has 0 radical (unpaired) electrons. The summed E-state index contributed by atoms with van der Waals surface area (Å²) in [6, 6.07) is 15.0. The van der Waals surface area contributed by atoms with Gasteiger partial charge >= 0.3 is 0 Å². The van der Waals surface area contributed by atoms with Crippen LogP contribution in [-0.4, -0.2) is 29.2 Å². The van der Waals surface area contributed by atoms with Gasteiger partial charge in [0.15, 0.2) is 0 Å². The molecule has 4 rings (SSSR count). The van der Waals surface area contributed by atoms with E-state index in [0.717, 1.165) is 53.1 Å². The molecule has 0 aliphatic carbocycles. The highest BCUT2D eigenvalue weighted by Gasteiger charge is 2.17. The van der Waals surface area contributed by atoms with Crippen molar-refractivity contribution in [3.05, 3.63) is 70.9 Å². The Hall–Kier alpha value is -2.57. The fourth-order valence-electron chi connectivity index (χ4n) is 3.52. The van der Waals surface area contributed by atoms with Crippen molar-refractivity contribution < 1.29 is 4.39 Å². The zero-order chi connectivity index (χ0) is 20.1. The van der Waals surface area contributed by atoms with E-state index in [0.29, 0.717) is 0 Å². The molecule has 0 amide bonds. The zero-order valence-electron chi connectivity index (χ0n) is 16.5. The number of piperidine rings is 1. The van der Waals surface area contributed by atoms with Gasteiger partial charge in [-0.1, -0.05) is 43.3 Å². The summed E-state index contributed by atoms with van der Waals surface area (Å²) in [6.45, 7) is 5.17. The molecule has 1 aliphatic rings. The Labute approximate surface area is 175 Å². The lowest BCUT2D eigenvalue weighted by Gasteiger charge is -2.30. The Balaban J connectivity index is 1.42. The van der Waals surface area contributed by atoms with Crippen molar-refractivity contribution >= 4 is 22.7 Å². The fourth-order valence-corrected chi connectivity index (χ4v) is 4.19. The van der Waals surface area contributed by atoms with Gasteiger partial charge in [-0.2, -0.15) is 5.10 Å². The van der Waals surface area contributed by atoms with Gasteiger partial charge in [0.25, 0.3) is 0 Å². The first kappa shape index (κ1) is 19.7. The molecular weight excluding hydrogens is 383 g/mol. The number of thiazole rings is 1. The molecule has 0 saturated carbocycles. The number of nitrogens with zero attached hydrogens (tertiary/aromatic N) is 3. The zero-order valence-corrected chi connectivity index (χ0v) is 17.3. The molecule has 0 atom stereocenters. The normalized spacial score (nSPS) is 15.8. The number of rotatable bonds is 6. The summed E-state index contributed by atoms with van der Waals surface area (Å²) in [7, 11) is 0. The number of hydrogen-bond acceptors (Lipinski definition) is 5. The van der Waals surface area contributed by atoms with Crippen molar-refractivity contribution in [3.63, 3.8) is 0 Å². The molecule has 150 valence electrons. The van der Waals surface area contributed by atoms with Gasteiger partial charge < -0.3 is 0 Å². The maximum atomic E-state index is 13.8. The minimum absolute atomic E-state index is 0.206. The number of aromatic nitrogens is 1. The third-order valence-corrected chi connectivity index (χ3v) is 6.06. The van der Waals surface area contributed by atoms with Crippen LogP contribution in [0.2, 0.25) is 0 Å². The first-order valence-corrected chi connectivity index (χ1v) is 10.9. The molecule has 1 saturated heterocycles. The molecule has 1 aromatic heterocycles. The average molecular weight is 409 g/mol. The maximum Gasteiger partial charge on any atom is 0.203 e. The van der Waals surface area contributed by atoms with Crippen LogP contribution in [0.25, 0.3) is 11.3 Å². The van der Waals surface area contributed by atoms with Gasteiger partial charge in [0.1, 0.15) is 5.82 Å². The molecule has 3 aromatic rings. The van der Waals surface area contributed by atoms with Gasteiger partial charge in [0, 0.05) is 17.5 Å². The molecule has 4 nitrogen and oxygen atoms in total. The second-order valence-electron chi connectivity index (χ2n) is 7.58. The van der Waals surface area contributed by atoms with E-state index in [9.17, 15) is 4.39 Å². The highest BCUT2D eigenvalue weighted by Crippen LogP contribution is 2.24. The highest BCUT2D eigenvalue weighted by atomic mass is 32.1. The van der Waals surface area contributed by atoms with Gasteiger partial charge in [-0.15, -0.1) is 11.3 Å². The third kappa shape index (κ3) is 5.28. The van der Waals surface area contributed by atoms with Crippen LogP contribution in [0.3, 0.4) is 0 Å². The first-order chi connectivity index (χ1) is 14.2. The molecule has 0 unspecified atom stereocenters. The van der Waals surface area contributed by atoms with E-state index in [2.05, 4.69) is 27.3 Å². The lowest BCUT2D eigenvalue weighted by molar-refractivity contribution is 0.185. The number of hydrazone groups is 1. The van der Waals surface area contributed by atoms with Crippen molar-refractivity contribution in [2.75, 3.05) is 18.5 Å². The Morgan fingerprint density at radius 1 is 1.21 bits per heavy atom. The summed E-state index contributed by atoms with van der Waals surface area (Å²) >= 11 is 1.51. The van der Waals surface area contributed by atoms with Crippen LogP contribution in [0.15, 0.2) is 59.0 Å². The predicted octanol–water partition coefficient (Wildman–Crippen LogP) is 5.63. The van der Waals surface area contributed by atoms with Gasteiger partial charge in [-0.25, -0.2) is 9.37 Å². The van der Waals surface area contributed by atoms with Crippen LogP contribution >= 0.6 is 11.3 Å². The van der Waals surface area contributed by atoms with Crippen LogP contribution in [-0.2, 0) is 6.54 Å². The minimum atomic E-state index is -0.206. The number of likely N-dealkylation sites (tertiary alicyclic amines) is 1.